The maximum absolute atomic E-state index is 13.9. The highest BCUT2D eigenvalue weighted by molar-refractivity contribution is 7.21. The van der Waals surface area contributed by atoms with Crippen molar-refractivity contribution in [3.63, 3.8) is 0 Å². The molecule has 32 heavy (non-hydrogen) atoms. The Bertz CT molecular complexity index is 1410. The molecular formula is C23H15F2N3O3S. The Morgan fingerprint density at radius 2 is 1.88 bits per heavy atom. The molecule has 0 saturated carbocycles. The van der Waals surface area contributed by atoms with Crippen molar-refractivity contribution in [2.75, 3.05) is 10.2 Å². The van der Waals surface area contributed by atoms with Gasteiger partial charge in [-0.1, -0.05) is 6.07 Å². The molecule has 9 heteroatoms. The van der Waals surface area contributed by atoms with Gasteiger partial charge >= 0.3 is 6.03 Å². The maximum Gasteiger partial charge on any atom is 0.331 e. The molecule has 160 valence electrons. The summed E-state index contributed by atoms with van der Waals surface area (Å²) in [5.74, 6) is -2.05. The third-order valence-corrected chi connectivity index (χ3v) is 6.31. The monoisotopic (exact) mass is 451 g/mol. The zero-order valence-corrected chi connectivity index (χ0v) is 17.7. The summed E-state index contributed by atoms with van der Waals surface area (Å²) >= 11 is 1.23. The van der Waals surface area contributed by atoms with Crippen LogP contribution >= 0.6 is 11.3 Å². The first-order valence-electron chi connectivity index (χ1n) is 9.61. The van der Waals surface area contributed by atoms with E-state index in [0.29, 0.717) is 37.7 Å². The van der Waals surface area contributed by atoms with Crippen LogP contribution in [0.2, 0.25) is 0 Å². The largest absolute Gasteiger partial charge is 0.451 e. The number of nitrogens with one attached hydrogen (secondary N) is 1. The zero-order chi connectivity index (χ0) is 22.6. The number of amides is 2. The van der Waals surface area contributed by atoms with Crippen molar-refractivity contribution in [1.29, 1.82) is 0 Å². The van der Waals surface area contributed by atoms with Crippen molar-refractivity contribution >= 4 is 50.4 Å². The van der Waals surface area contributed by atoms with Crippen LogP contribution in [-0.4, -0.2) is 16.8 Å². The van der Waals surface area contributed by atoms with E-state index in [1.165, 1.54) is 35.3 Å². The Labute approximate surface area is 185 Å². The van der Waals surface area contributed by atoms with E-state index in [1.54, 1.807) is 31.3 Å². The predicted octanol–water partition coefficient (Wildman–Crippen LogP) is 6.56. The van der Waals surface area contributed by atoms with E-state index < -0.39 is 23.4 Å². The van der Waals surface area contributed by atoms with Crippen molar-refractivity contribution in [2.45, 2.75) is 13.8 Å². The average molecular weight is 451 g/mol. The third kappa shape index (κ3) is 3.09. The molecule has 3 heterocycles. The molecule has 0 bridgehead atoms. The number of carbonyl (C=O) groups is 2. The number of pyridine rings is 1. The van der Waals surface area contributed by atoms with Crippen molar-refractivity contribution in [3.8, 4) is 11.5 Å². The van der Waals surface area contributed by atoms with Gasteiger partial charge in [-0.25, -0.2) is 18.6 Å². The SMILES string of the molecule is CC(=O)c1sc2nccc3c2c1NC(=O)N3c1ccc(Oc2c(F)cccc2F)cc1C. The van der Waals surface area contributed by atoms with Gasteiger partial charge in [-0.2, -0.15) is 0 Å². The van der Waals surface area contributed by atoms with Crippen molar-refractivity contribution in [3.05, 3.63) is 70.7 Å². The van der Waals surface area contributed by atoms with Crippen molar-refractivity contribution in [1.82, 2.24) is 4.98 Å². The summed E-state index contributed by atoms with van der Waals surface area (Å²) in [5, 5.41) is 3.50. The summed E-state index contributed by atoms with van der Waals surface area (Å²) in [6.45, 7) is 3.20. The number of hydrogen-bond donors (Lipinski definition) is 1. The van der Waals surface area contributed by atoms with Gasteiger partial charge in [0.15, 0.2) is 23.2 Å². The Balaban J connectivity index is 1.58. The summed E-state index contributed by atoms with van der Waals surface area (Å²) in [6, 6.07) is 9.52. The number of aromatic nitrogens is 1. The van der Waals surface area contributed by atoms with Gasteiger partial charge in [-0.15, -0.1) is 11.3 Å². The van der Waals surface area contributed by atoms with Crippen LogP contribution in [0.3, 0.4) is 0 Å². The number of hydrogen-bond acceptors (Lipinski definition) is 5. The first-order chi connectivity index (χ1) is 15.3. The number of rotatable bonds is 4. The van der Waals surface area contributed by atoms with Crippen LogP contribution < -0.4 is 15.0 Å². The fourth-order valence-electron chi connectivity index (χ4n) is 3.71. The van der Waals surface area contributed by atoms with Gasteiger partial charge in [0.1, 0.15) is 10.6 Å². The van der Waals surface area contributed by atoms with Gasteiger partial charge in [0.2, 0.25) is 0 Å². The predicted molar refractivity (Wildman–Crippen MR) is 118 cm³/mol. The number of thiophene rings is 1. The van der Waals surface area contributed by atoms with Gasteiger partial charge in [0.25, 0.3) is 0 Å². The van der Waals surface area contributed by atoms with Crippen molar-refractivity contribution < 1.29 is 23.1 Å². The van der Waals surface area contributed by atoms with E-state index in [2.05, 4.69) is 10.3 Å². The van der Waals surface area contributed by atoms with Crippen LogP contribution in [0.1, 0.15) is 22.2 Å². The topological polar surface area (TPSA) is 71.5 Å². The third-order valence-electron chi connectivity index (χ3n) is 5.11. The molecule has 1 aliphatic heterocycles. The second-order valence-electron chi connectivity index (χ2n) is 7.24. The lowest BCUT2D eigenvalue weighted by Crippen LogP contribution is -2.34. The summed E-state index contributed by atoms with van der Waals surface area (Å²) < 4.78 is 33.3. The lowest BCUT2D eigenvalue weighted by atomic mass is 10.1. The molecule has 0 fully saturated rings. The number of nitrogens with zero attached hydrogens (tertiary/aromatic N) is 2. The minimum atomic E-state index is -0.812. The quantitative estimate of drug-likeness (QED) is 0.357. The minimum absolute atomic E-state index is 0.152. The molecule has 2 aromatic carbocycles. The fraction of sp³-hybridized carbons (Fsp3) is 0.0870. The number of anilines is 3. The molecular weight excluding hydrogens is 436 g/mol. The molecule has 0 spiro atoms. The second kappa shape index (κ2) is 7.38. The van der Waals surface area contributed by atoms with Crippen LogP contribution in [-0.2, 0) is 0 Å². The van der Waals surface area contributed by atoms with E-state index in [0.717, 1.165) is 12.1 Å². The van der Waals surface area contributed by atoms with Gasteiger partial charge in [-0.05, 0) is 48.9 Å². The minimum Gasteiger partial charge on any atom is -0.451 e. The number of halogens is 2. The number of Topliss-reactive ketones (excluding diaryl/α,β-unsaturated/α-hetero) is 1. The van der Waals surface area contributed by atoms with Crippen LogP contribution in [0, 0.1) is 18.6 Å². The second-order valence-corrected chi connectivity index (χ2v) is 8.24. The Morgan fingerprint density at radius 3 is 2.56 bits per heavy atom. The number of benzene rings is 2. The number of aryl methyl sites for hydroxylation is 1. The first kappa shape index (κ1) is 20.1. The molecule has 2 aromatic heterocycles. The standard InChI is InChI=1S/C23H15F2N3O3S/c1-11-10-13(31-20-14(24)4-3-5-15(20)25)6-7-16(11)28-17-8-9-26-22-18(17)19(27-23(28)30)21(32-22)12(2)29/h3-10H,1-2H3,(H,27,30). The van der Waals surface area contributed by atoms with Gasteiger partial charge < -0.3 is 10.1 Å². The summed E-state index contributed by atoms with van der Waals surface area (Å²) in [6.07, 6.45) is 1.58. The van der Waals surface area contributed by atoms with E-state index in [-0.39, 0.29) is 11.5 Å². The molecule has 0 radical (unpaired) electrons. The highest BCUT2D eigenvalue weighted by Gasteiger charge is 2.32. The van der Waals surface area contributed by atoms with Crippen LogP contribution in [0.4, 0.5) is 30.6 Å². The average Bonchev–Trinajstić information content (AvgIpc) is 3.12. The van der Waals surface area contributed by atoms with Crippen LogP contribution in [0.15, 0.2) is 48.7 Å². The molecule has 0 unspecified atom stereocenters. The van der Waals surface area contributed by atoms with Gasteiger partial charge in [-0.3, -0.25) is 9.69 Å². The summed E-state index contributed by atoms with van der Waals surface area (Å²) in [4.78, 5) is 32.0. The highest BCUT2D eigenvalue weighted by atomic mass is 32.1. The normalized spacial score (nSPS) is 12.8. The van der Waals surface area contributed by atoms with Crippen LogP contribution in [0.5, 0.6) is 11.5 Å². The van der Waals surface area contributed by atoms with E-state index in [4.69, 9.17) is 4.74 Å². The molecule has 1 aliphatic rings. The number of para-hydroxylation sites is 1. The Hall–Kier alpha value is -3.85. The molecule has 1 N–H and O–H groups in total. The molecule has 6 nitrogen and oxygen atoms in total. The van der Waals surface area contributed by atoms with Gasteiger partial charge in [0.05, 0.1) is 27.3 Å². The molecule has 4 aromatic rings. The zero-order valence-electron chi connectivity index (χ0n) is 16.9. The Morgan fingerprint density at radius 1 is 1.12 bits per heavy atom. The molecule has 0 atom stereocenters. The van der Waals surface area contributed by atoms with E-state index >= 15 is 0 Å². The van der Waals surface area contributed by atoms with Gasteiger partial charge in [0, 0.05) is 13.1 Å². The summed E-state index contributed by atoms with van der Waals surface area (Å²) in [7, 11) is 0. The molecule has 0 aliphatic carbocycles. The first-order valence-corrected chi connectivity index (χ1v) is 10.4. The van der Waals surface area contributed by atoms with E-state index in [1.807, 2.05) is 0 Å². The number of carbonyl (C=O) groups excluding carboxylic acids is 2. The molecule has 2 amide bonds. The van der Waals surface area contributed by atoms with Crippen molar-refractivity contribution in [2.24, 2.45) is 0 Å². The number of ether oxygens (including phenoxy) is 1. The highest BCUT2D eigenvalue weighted by Crippen LogP contribution is 2.46. The lowest BCUT2D eigenvalue weighted by molar-refractivity contribution is 0.102. The molecule has 5 rings (SSSR count). The fourth-order valence-corrected chi connectivity index (χ4v) is 4.73. The van der Waals surface area contributed by atoms with E-state index in [9.17, 15) is 18.4 Å². The smallest absolute Gasteiger partial charge is 0.331 e. The van der Waals surface area contributed by atoms with Crippen LogP contribution in [0.25, 0.3) is 10.2 Å². The Kier molecular flexibility index (Phi) is 4.63. The number of ketones is 1. The molecule has 0 saturated heterocycles. The number of urea groups is 1. The summed E-state index contributed by atoms with van der Waals surface area (Å²) in [5.41, 5.74) is 2.26. The maximum atomic E-state index is 13.9. The lowest BCUT2D eigenvalue weighted by Gasteiger charge is -2.29.